The standard InChI is InChI=1S/C11H15NO3/c1-8(11(12)14)15-10-4-2-9(3-5-10)6-7-13/h2-5,8,13H,6-7H2,1H3,(H2,12,14). The Morgan fingerprint density at radius 2 is 2.07 bits per heavy atom. The molecule has 4 nitrogen and oxygen atoms in total. The normalized spacial score (nSPS) is 12.1. The summed E-state index contributed by atoms with van der Waals surface area (Å²) < 4.78 is 5.27. The zero-order chi connectivity index (χ0) is 11.3. The van der Waals surface area contributed by atoms with Gasteiger partial charge in [-0.05, 0) is 31.0 Å². The third kappa shape index (κ3) is 3.59. The number of carbonyl (C=O) groups excluding carboxylic acids is 1. The Hall–Kier alpha value is -1.55. The van der Waals surface area contributed by atoms with Crippen molar-refractivity contribution >= 4 is 5.91 Å². The summed E-state index contributed by atoms with van der Waals surface area (Å²) in [5, 5.41) is 8.71. The van der Waals surface area contributed by atoms with Gasteiger partial charge < -0.3 is 15.6 Å². The quantitative estimate of drug-likeness (QED) is 0.740. The van der Waals surface area contributed by atoms with E-state index in [1.165, 1.54) is 0 Å². The fourth-order valence-electron chi connectivity index (χ4n) is 1.13. The summed E-state index contributed by atoms with van der Waals surface area (Å²) >= 11 is 0. The number of nitrogens with two attached hydrogens (primary N) is 1. The molecule has 0 saturated heterocycles. The highest BCUT2D eigenvalue weighted by Crippen LogP contribution is 2.13. The van der Waals surface area contributed by atoms with Crippen LogP contribution in [0.25, 0.3) is 0 Å². The lowest BCUT2D eigenvalue weighted by Crippen LogP contribution is -2.30. The van der Waals surface area contributed by atoms with Gasteiger partial charge in [0.05, 0.1) is 0 Å². The minimum absolute atomic E-state index is 0.123. The zero-order valence-corrected chi connectivity index (χ0v) is 8.64. The fraction of sp³-hybridized carbons (Fsp3) is 0.364. The highest BCUT2D eigenvalue weighted by molar-refractivity contribution is 5.78. The van der Waals surface area contributed by atoms with Crippen LogP contribution in [0.3, 0.4) is 0 Å². The number of rotatable bonds is 5. The number of hydrogen-bond acceptors (Lipinski definition) is 3. The van der Waals surface area contributed by atoms with Gasteiger partial charge in [0.25, 0.3) is 5.91 Å². The van der Waals surface area contributed by atoms with Crippen LogP contribution in [0.5, 0.6) is 5.75 Å². The van der Waals surface area contributed by atoms with Crippen molar-refractivity contribution in [1.29, 1.82) is 0 Å². The van der Waals surface area contributed by atoms with Crippen molar-refractivity contribution in [3.05, 3.63) is 29.8 Å². The molecule has 0 aliphatic carbocycles. The van der Waals surface area contributed by atoms with E-state index in [1.807, 2.05) is 12.1 Å². The first-order valence-electron chi connectivity index (χ1n) is 4.79. The number of ether oxygens (including phenoxy) is 1. The van der Waals surface area contributed by atoms with Crippen LogP contribution in [0.2, 0.25) is 0 Å². The second kappa shape index (κ2) is 5.36. The maximum absolute atomic E-state index is 10.7. The van der Waals surface area contributed by atoms with E-state index < -0.39 is 12.0 Å². The molecule has 0 radical (unpaired) electrons. The molecular weight excluding hydrogens is 194 g/mol. The van der Waals surface area contributed by atoms with Crippen LogP contribution >= 0.6 is 0 Å². The van der Waals surface area contributed by atoms with Gasteiger partial charge in [-0.3, -0.25) is 4.79 Å². The van der Waals surface area contributed by atoms with E-state index in [9.17, 15) is 4.79 Å². The Morgan fingerprint density at radius 3 is 2.53 bits per heavy atom. The van der Waals surface area contributed by atoms with Gasteiger partial charge in [-0.15, -0.1) is 0 Å². The van der Waals surface area contributed by atoms with Crippen molar-refractivity contribution in [3.8, 4) is 5.75 Å². The second-order valence-electron chi connectivity index (χ2n) is 3.28. The Balaban J connectivity index is 2.60. The van der Waals surface area contributed by atoms with Crippen molar-refractivity contribution in [3.63, 3.8) is 0 Å². The van der Waals surface area contributed by atoms with Crippen LogP contribution in [-0.2, 0) is 11.2 Å². The molecule has 1 unspecified atom stereocenters. The minimum Gasteiger partial charge on any atom is -0.481 e. The first-order valence-corrected chi connectivity index (χ1v) is 4.79. The van der Waals surface area contributed by atoms with E-state index in [-0.39, 0.29) is 6.61 Å². The molecule has 1 amide bonds. The fourth-order valence-corrected chi connectivity index (χ4v) is 1.13. The molecule has 0 fully saturated rings. The molecule has 0 aliphatic heterocycles. The highest BCUT2D eigenvalue weighted by Gasteiger charge is 2.09. The molecule has 82 valence electrons. The van der Waals surface area contributed by atoms with Crippen molar-refractivity contribution in [2.75, 3.05) is 6.61 Å². The van der Waals surface area contributed by atoms with Gasteiger partial charge in [0, 0.05) is 6.61 Å². The molecule has 0 aromatic heterocycles. The number of aliphatic hydroxyl groups excluding tert-OH is 1. The lowest BCUT2D eigenvalue weighted by Gasteiger charge is -2.11. The van der Waals surface area contributed by atoms with E-state index in [0.29, 0.717) is 12.2 Å². The largest absolute Gasteiger partial charge is 0.481 e. The summed E-state index contributed by atoms with van der Waals surface area (Å²) in [6.07, 6.45) is -0.0141. The molecule has 0 aliphatic rings. The molecule has 1 aromatic rings. The number of carbonyl (C=O) groups is 1. The number of benzene rings is 1. The molecule has 15 heavy (non-hydrogen) atoms. The zero-order valence-electron chi connectivity index (χ0n) is 8.64. The van der Waals surface area contributed by atoms with Crippen molar-refractivity contribution in [2.24, 2.45) is 5.73 Å². The molecule has 1 atom stereocenters. The van der Waals surface area contributed by atoms with Crippen molar-refractivity contribution in [1.82, 2.24) is 0 Å². The van der Waals surface area contributed by atoms with Crippen molar-refractivity contribution < 1.29 is 14.6 Å². The maximum atomic E-state index is 10.7. The Bertz CT molecular complexity index is 321. The van der Waals surface area contributed by atoms with Gasteiger partial charge in [0.2, 0.25) is 0 Å². The number of primary amides is 1. The third-order valence-electron chi connectivity index (χ3n) is 2.04. The summed E-state index contributed by atoms with van der Waals surface area (Å²) in [7, 11) is 0. The summed E-state index contributed by atoms with van der Waals surface area (Å²) in [5.74, 6) is 0.109. The van der Waals surface area contributed by atoms with Gasteiger partial charge in [0.1, 0.15) is 5.75 Å². The lowest BCUT2D eigenvalue weighted by atomic mass is 10.1. The maximum Gasteiger partial charge on any atom is 0.258 e. The molecule has 1 rings (SSSR count). The van der Waals surface area contributed by atoms with Crippen LogP contribution in [0, 0.1) is 0 Å². The summed E-state index contributed by atoms with van der Waals surface area (Å²) in [6, 6.07) is 7.20. The Morgan fingerprint density at radius 1 is 1.47 bits per heavy atom. The SMILES string of the molecule is CC(Oc1ccc(CCO)cc1)C(N)=O. The van der Waals surface area contributed by atoms with Crippen LogP contribution in [-0.4, -0.2) is 23.7 Å². The molecule has 0 bridgehead atoms. The van der Waals surface area contributed by atoms with E-state index in [1.54, 1.807) is 19.1 Å². The van der Waals surface area contributed by atoms with E-state index >= 15 is 0 Å². The lowest BCUT2D eigenvalue weighted by molar-refractivity contribution is -0.123. The molecule has 0 saturated carbocycles. The van der Waals surface area contributed by atoms with Gasteiger partial charge in [-0.2, -0.15) is 0 Å². The van der Waals surface area contributed by atoms with E-state index in [2.05, 4.69) is 0 Å². The molecule has 3 N–H and O–H groups in total. The van der Waals surface area contributed by atoms with Crippen LogP contribution in [0.1, 0.15) is 12.5 Å². The molecule has 0 spiro atoms. The van der Waals surface area contributed by atoms with Crippen LogP contribution in [0.15, 0.2) is 24.3 Å². The summed E-state index contributed by atoms with van der Waals surface area (Å²) in [4.78, 5) is 10.7. The Kier molecular flexibility index (Phi) is 4.12. The monoisotopic (exact) mass is 209 g/mol. The van der Waals surface area contributed by atoms with Crippen LogP contribution in [0.4, 0.5) is 0 Å². The average molecular weight is 209 g/mol. The first kappa shape index (κ1) is 11.5. The second-order valence-corrected chi connectivity index (χ2v) is 3.28. The predicted octanol–water partition coefficient (Wildman–Crippen LogP) is 0.474. The highest BCUT2D eigenvalue weighted by atomic mass is 16.5. The smallest absolute Gasteiger partial charge is 0.258 e. The van der Waals surface area contributed by atoms with E-state index in [0.717, 1.165) is 5.56 Å². The molecule has 0 heterocycles. The van der Waals surface area contributed by atoms with Gasteiger partial charge in [-0.25, -0.2) is 0 Å². The number of hydrogen-bond donors (Lipinski definition) is 2. The molecule has 4 heteroatoms. The summed E-state index contributed by atoms with van der Waals surface area (Å²) in [6.45, 7) is 1.72. The topological polar surface area (TPSA) is 72.6 Å². The molecular formula is C11H15NO3. The number of aliphatic hydroxyl groups is 1. The van der Waals surface area contributed by atoms with Gasteiger partial charge in [-0.1, -0.05) is 12.1 Å². The number of amides is 1. The predicted molar refractivity (Wildman–Crippen MR) is 56.5 cm³/mol. The Labute approximate surface area is 88.7 Å². The van der Waals surface area contributed by atoms with Gasteiger partial charge in [0.15, 0.2) is 6.10 Å². The average Bonchev–Trinajstić information content (AvgIpc) is 2.21. The molecule has 1 aromatic carbocycles. The van der Waals surface area contributed by atoms with Crippen molar-refractivity contribution in [2.45, 2.75) is 19.4 Å². The van der Waals surface area contributed by atoms with E-state index in [4.69, 9.17) is 15.6 Å². The first-order chi connectivity index (χ1) is 7.13. The third-order valence-corrected chi connectivity index (χ3v) is 2.04. The van der Waals surface area contributed by atoms with Crippen LogP contribution < -0.4 is 10.5 Å². The minimum atomic E-state index is -0.631. The summed E-state index contributed by atoms with van der Waals surface area (Å²) in [5.41, 5.74) is 6.09. The van der Waals surface area contributed by atoms with Gasteiger partial charge >= 0.3 is 0 Å².